The van der Waals surface area contributed by atoms with Crippen molar-refractivity contribution in [3.05, 3.63) is 83.2 Å². The number of benzene rings is 2. The Hall–Kier alpha value is -3.05. The van der Waals surface area contributed by atoms with Crippen molar-refractivity contribution >= 4 is 11.2 Å². The summed E-state index contributed by atoms with van der Waals surface area (Å²) in [7, 11) is 0. The molecule has 1 saturated carbocycles. The summed E-state index contributed by atoms with van der Waals surface area (Å²) in [5, 5.41) is 10.2. The van der Waals surface area contributed by atoms with E-state index in [1.807, 2.05) is 41.0 Å². The molecule has 1 fully saturated rings. The van der Waals surface area contributed by atoms with Crippen LogP contribution in [-0.2, 0) is 5.60 Å². The third kappa shape index (κ3) is 3.15. The molecule has 4 nitrogen and oxygen atoms in total. The van der Waals surface area contributed by atoms with Gasteiger partial charge in [0.05, 0.1) is 17.3 Å². The minimum Gasteiger partial charge on any atom is -0.386 e. The molecule has 0 bridgehead atoms. The lowest BCUT2D eigenvalue weighted by atomic mass is 9.95. The zero-order valence-electron chi connectivity index (χ0n) is 18.3. The molecule has 3 heterocycles. The van der Waals surface area contributed by atoms with Crippen molar-refractivity contribution in [2.24, 2.45) is 0 Å². The van der Waals surface area contributed by atoms with Gasteiger partial charge in [-0.2, -0.15) is 0 Å². The number of halogens is 1. The number of aromatic nitrogens is 3. The molecular weight excluding hydrogens is 401 g/mol. The van der Waals surface area contributed by atoms with E-state index >= 15 is 4.39 Å². The first-order valence-electron chi connectivity index (χ1n) is 11.4. The maximum atomic E-state index is 15.1. The highest BCUT2D eigenvalue weighted by atomic mass is 19.1. The Morgan fingerprint density at radius 3 is 2.34 bits per heavy atom. The lowest BCUT2D eigenvalue weighted by Crippen LogP contribution is -2.14. The molecular formula is C27H26FN3O. The SMILES string of the molecule is CC(C)(O)c1ccc(-c2ccc3nc4n(c3n2)C(c2ccccc2C2CC2)CC4F)cc1. The van der Waals surface area contributed by atoms with Crippen LogP contribution >= 0.6 is 0 Å². The van der Waals surface area contributed by atoms with Crippen LogP contribution in [0.4, 0.5) is 4.39 Å². The summed E-state index contributed by atoms with van der Waals surface area (Å²) in [6.45, 7) is 3.55. The van der Waals surface area contributed by atoms with Gasteiger partial charge in [0.25, 0.3) is 0 Å². The predicted molar refractivity (Wildman–Crippen MR) is 123 cm³/mol. The molecule has 6 rings (SSSR count). The Morgan fingerprint density at radius 1 is 0.938 bits per heavy atom. The first-order valence-corrected chi connectivity index (χ1v) is 11.4. The Bertz CT molecular complexity index is 1320. The van der Waals surface area contributed by atoms with Crippen molar-refractivity contribution < 1.29 is 9.50 Å². The number of imidazole rings is 1. The number of nitrogens with zero attached hydrogens (tertiary/aromatic N) is 3. The number of rotatable bonds is 4. The monoisotopic (exact) mass is 427 g/mol. The van der Waals surface area contributed by atoms with Crippen LogP contribution in [-0.4, -0.2) is 19.6 Å². The third-order valence-electron chi connectivity index (χ3n) is 6.85. The van der Waals surface area contributed by atoms with Crippen LogP contribution < -0.4 is 0 Å². The van der Waals surface area contributed by atoms with Gasteiger partial charge in [0.15, 0.2) is 11.8 Å². The molecule has 0 radical (unpaired) electrons. The van der Waals surface area contributed by atoms with E-state index in [0.717, 1.165) is 28.0 Å². The van der Waals surface area contributed by atoms with Crippen LogP contribution in [0.3, 0.4) is 0 Å². The molecule has 0 amide bonds. The first-order chi connectivity index (χ1) is 15.4. The molecule has 2 atom stereocenters. The summed E-state index contributed by atoms with van der Waals surface area (Å²) >= 11 is 0. The van der Waals surface area contributed by atoms with Gasteiger partial charge in [-0.25, -0.2) is 14.4 Å². The van der Waals surface area contributed by atoms with E-state index < -0.39 is 11.8 Å². The number of fused-ring (bicyclic) bond motifs is 3. The lowest BCUT2D eigenvalue weighted by molar-refractivity contribution is 0.0786. The summed E-state index contributed by atoms with van der Waals surface area (Å²) < 4.78 is 17.1. The van der Waals surface area contributed by atoms with Crippen molar-refractivity contribution in [1.29, 1.82) is 0 Å². The first kappa shape index (κ1) is 19.6. The molecule has 1 aliphatic heterocycles. The van der Waals surface area contributed by atoms with Gasteiger partial charge in [-0.3, -0.25) is 0 Å². The fourth-order valence-electron chi connectivity index (χ4n) is 4.98. The second kappa shape index (κ2) is 6.97. The summed E-state index contributed by atoms with van der Waals surface area (Å²) in [5.41, 5.74) is 5.76. The summed E-state index contributed by atoms with van der Waals surface area (Å²) in [6.07, 6.45) is 1.75. The number of hydrogen-bond acceptors (Lipinski definition) is 3. The maximum absolute atomic E-state index is 15.1. The molecule has 4 aromatic rings. The normalized spacial score (nSPS) is 20.6. The van der Waals surface area contributed by atoms with Crippen LogP contribution in [0.1, 0.15) is 73.8 Å². The molecule has 2 aromatic carbocycles. The summed E-state index contributed by atoms with van der Waals surface area (Å²) in [6, 6.07) is 20.1. The third-order valence-corrected chi connectivity index (χ3v) is 6.85. The largest absolute Gasteiger partial charge is 0.386 e. The van der Waals surface area contributed by atoms with Crippen molar-refractivity contribution in [3.8, 4) is 11.3 Å². The second-order valence-electron chi connectivity index (χ2n) is 9.64. The van der Waals surface area contributed by atoms with Crippen LogP contribution in [0.15, 0.2) is 60.7 Å². The minimum absolute atomic E-state index is 0.0814. The molecule has 1 N–H and O–H groups in total. The van der Waals surface area contributed by atoms with E-state index in [2.05, 4.69) is 29.2 Å². The van der Waals surface area contributed by atoms with E-state index in [-0.39, 0.29) is 6.04 Å². The standard InChI is InChI=1S/C27H26FN3O/c1-27(2,32)18-11-9-17(10-12-18)22-13-14-23-26(29-22)31-24(15-21(28)25(31)30-23)20-6-4-3-5-19(20)16-7-8-16/h3-6,9-14,16,21,24,32H,7-8,15H2,1-2H3. The predicted octanol–water partition coefficient (Wildman–Crippen LogP) is 6.21. The van der Waals surface area contributed by atoms with Gasteiger partial charge >= 0.3 is 0 Å². The number of aliphatic hydroxyl groups is 1. The number of pyridine rings is 1. The van der Waals surface area contributed by atoms with E-state index in [9.17, 15) is 5.11 Å². The minimum atomic E-state index is -1.09. The molecule has 5 heteroatoms. The molecule has 32 heavy (non-hydrogen) atoms. The van der Waals surface area contributed by atoms with Crippen molar-refractivity contribution in [2.75, 3.05) is 0 Å². The molecule has 1 aliphatic carbocycles. The summed E-state index contributed by atoms with van der Waals surface area (Å²) in [4.78, 5) is 9.55. The fourth-order valence-corrected chi connectivity index (χ4v) is 4.98. The van der Waals surface area contributed by atoms with E-state index in [1.165, 1.54) is 24.0 Å². The van der Waals surface area contributed by atoms with Crippen molar-refractivity contribution in [1.82, 2.24) is 14.5 Å². The quantitative estimate of drug-likeness (QED) is 0.421. The Balaban J connectivity index is 1.46. The molecule has 0 spiro atoms. The highest BCUT2D eigenvalue weighted by Crippen LogP contribution is 2.48. The average Bonchev–Trinajstić information content (AvgIpc) is 3.49. The van der Waals surface area contributed by atoms with Crippen LogP contribution in [0.25, 0.3) is 22.4 Å². The molecule has 2 aliphatic rings. The molecule has 0 saturated heterocycles. The maximum Gasteiger partial charge on any atom is 0.161 e. The number of hydrogen-bond donors (Lipinski definition) is 1. The molecule has 162 valence electrons. The van der Waals surface area contributed by atoms with E-state index in [0.29, 0.717) is 18.2 Å². The Morgan fingerprint density at radius 2 is 1.66 bits per heavy atom. The average molecular weight is 428 g/mol. The van der Waals surface area contributed by atoms with Crippen LogP contribution in [0.5, 0.6) is 0 Å². The second-order valence-corrected chi connectivity index (χ2v) is 9.64. The van der Waals surface area contributed by atoms with Crippen LogP contribution in [0, 0.1) is 0 Å². The lowest BCUT2D eigenvalue weighted by Gasteiger charge is -2.19. The van der Waals surface area contributed by atoms with E-state index in [1.54, 1.807) is 13.8 Å². The smallest absolute Gasteiger partial charge is 0.161 e. The van der Waals surface area contributed by atoms with E-state index in [4.69, 9.17) is 4.98 Å². The zero-order valence-corrected chi connectivity index (χ0v) is 18.3. The van der Waals surface area contributed by atoms with Crippen LogP contribution in [0.2, 0.25) is 0 Å². The van der Waals surface area contributed by atoms with Gasteiger partial charge in [0, 0.05) is 12.0 Å². The Labute approximate surface area is 186 Å². The van der Waals surface area contributed by atoms with Gasteiger partial charge in [-0.1, -0.05) is 48.5 Å². The zero-order chi connectivity index (χ0) is 22.0. The van der Waals surface area contributed by atoms with Gasteiger partial charge in [-0.15, -0.1) is 0 Å². The van der Waals surface area contributed by atoms with Gasteiger partial charge in [0.2, 0.25) is 0 Å². The van der Waals surface area contributed by atoms with Gasteiger partial charge in [-0.05, 0) is 61.4 Å². The highest BCUT2D eigenvalue weighted by Gasteiger charge is 2.38. The topological polar surface area (TPSA) is 50.9 Å². The fraction of sp³-hybridized carbons (Fsp3) is 0.333. The highest BCUT2D eigenvalue weighted by molar-refractivity contribution is 5.77. The molecule has 2 unspecified atom stereocenters. The van der Waals surface area contributed by atoms with Gasteiger partial charge in [0.1, 0.15) is 11.3 Å². The Kier molecular flexibility index (Phi) is 4.28. The number of alkyl halides is 1. The van der Waals surface area contributed by atoms with Crippen molar-refractivity contribution in [2.45, 2.75) is 56.8 Å². The van der Waals surface area contributed by atoms with Gasteiger partial charge < -0.3 is 9.67 Å². The molecule has 2 aromatic heterocycles. The summed E-state index contributed by atoms with van der Waals surface area (Å²) in [5.74, 6) is 1.08. The van der Waals surface area contributed by atoms with Crippen molar-refractivity contribution in [3.63, 3.8) is 0 Å².